The summed E-state index contributed by atoms with van der Waals surface area (Å²) < 4.78 is 4.76. The lowest BCUT2D eigenvalue weighted by Gasteiger charge is -2.28. The number of carbonyl (C=O) groups excluding carboxylic acids is 1. The molecular weight excluding hydrogens is 342 g/mol. The number of fused-ring (bicyclic) bond motifs is 1. The summed E-state index contributed by atoms with van der Waals surface area (Å²) in [5.41, 5.74) is 8.81. The third-order valence-corrected chi connectivity index (χ3v) is 5.17. The van der Waals surface area contributed by atoms with E-state index in [1.165, 1.54) is 7.11 Å². The highest BCUT2D eigenvalue weighted by atomic mass is 16.5. The lowest BCUT2D eigenvalue weighted by Crippen LogP contribution is -2.46. The molecule has 1 fully saturated rings. The van der Waals surface area contributed by atoms with Gasteiger partial charge in [-0.2, -0.15) is 0 Å². The third-order valence-electron chi connectivity index (χ3n) is 5.17. The summed E-state index contributed by atoms with van der Waals surface area (Å²) in [6, 6.07) is 3.98. The highest BCUT2D eigenvalue weighted by Gasteiger charge is 2.41. The average molecular weight is 371 g/mol. The van der Waals surface area contributed by atoms with Crippen molar-refractivity contribution in [2.24, 2.45) is 0 Å². The van der Waals surface area contributed by atoms with Gasteiger partial charge in [0, 0.05) is 12.0 Å². The Hall–Kier alpha value is -2.31. The Bertz CT molecular complexity index is 795. The van der Waals surface area contributed by atoms with E-state index in [-0.39, 0.29) is 28.7 Å². The van der Waals surface area contributed by atoms with E-state index in [0.717, 1.165) is 11.1 Å². The maximum atomic E-state index is 11.6. The first-order chi connectivity index (χ1) is 12.6. The number of carbonyl (C=O) groups is 1. The quantitative estimate of drug-likeness (QED) is 0.707. The van der Waals surface area contributed by atoms with Crippen molar-refractivity contribution in [3.8, 4) is 5.75 Å². The van der Waals surface area contributed by atoms with Crippen LogP contribution in [0.2, 0.25) is 0 Å². The van der Waals surface area contributed by atoms with Crippen molar-refractivity contribution >= 4 is 11.7 Å². The van der Waals surface area contributed by atoms with E-state index in [0.29, 0.717) is 18.5 Å². The molecule has 0 saturated carbocycles. The van der Waals surface area contributed by atoms with E-state index in [1.54, 1.807) is 5.12 Å². The lowest BCUT2D eigenvalue weighted by molar-refractivity contribution is -0.140. The van der Waals surface area contributed by atoms with Gasteiger partial charge in [-0.15, -0.1) is 0 Å². The second kappa shape index (κ2) is 7.02. The minimum Gasteiger partial charge on any atom is -0.505 e. The predicted molar refractivity (Wildman–Crippen MR) is 106 cm³/mol. The van der Waals surface area contributed by atoms with Crippen molar-refractivity contribution < 1.29 is 14.6 Å². The molecule has 3 rings (SSSR count). The van der Waals surface area contributed by atoms with Crippen LogP contribution < -0.4 is 16.0 Å². The molecule has 0 bridgehead atoms. The molecule has 1 aromatic rings. The SMILES string of the molecule is COC(=O)CCc1cc(N2NC3C=CC=CC3(C)N2)c(O)c(C(C)(C)C)c1. The second-order valence-corrected chi connectivity index (χ2v) is 8.42. The fourth-order valence-corrected chi connectivity index (χ4v) is 3.47. The molecular formula is C21H29N3O3. The van der Waals surface area contributed by atoms with Gasteiger partial charge in [0.25, 0.3) is 0 Å². The fraction of sp³-hybridized carbons (Fsp3) is 0.476. The van der Waals surface area contributed by atoms with E-state index in [9.17, 15) is 9.90 Å². The van der Waals surface area contributed by atoms with Gasteiger partial charge in [-0.3, -0.25) is 4.79 Å². The number of rotatable bonds is 4. The minimum absolute atomic E-state index is 0.0821. The average Bonchev–Trinajstić information content (AvgIpc) is 2.96. The summed E-state index contributed by atoms with van der Waals surface area (Å²) >= 11 is 0. The maximum Gasteiger partial charge on any atom is 0.305 e. The number of nitrogens with one attached hydrogen (secondary N) is 2. The van der Waals surface area contributed by atoms with Crippen LogP contribution in [0, 0.1) is 0 Å². The van der Waals surface area contributed by atoms with Gasteiger partial charge in [0.1, 0.15) is 11.4 Å². The summed E-state index contributed by atoms with van der Waals surface area (Å²) in [4.78, 5) is 11.6. The molecule has 0 radical (unpaired) electrons. The molecule has 1 saturated heterocycles. The van der Waals surface area contributed by atoms with Crippen LogP contribution in [0.15, 0.2) is 36.4 Å². The molecule has 1 aliphatic carbocycles. The third kappa shape index (κ3) is 3.87. The van der Waals surface area contributed by atoms with Gasteiger partial charge in [0.2, 0.25) is 0 Å². The lowest BCUT2D eigenvalue weighted by atomic mass is 9.84. The van der Waals surface area contributed by atoms with Crippen molar-refractivity contribution in [1.82, 2.24) is 10.9 Å². The van der Waals surface area contributed by atoms with Gasteiger partial charge < -0.3 is 9.84 Å². The van der Waals surface area contributed by atoms with Gasteiger partial charge >= 0.3 is 5.97 Å². The summed E-state index contributed by atoms with van der Waals surface area (Å²) in [7, 11) is 1.40. The number of allylic oxidation sites excluding steroid dienone is 2. The Morgan fingerprint density at radius 3 is 2.70 bits per heavy atom. The Balaban J connectivity index is 1.97. The number of benzene rings is 1. The molecule has 2 aliphatic rings. The number of hydrogen-bond acceptors (Lipinski definition) is 6. The van der Waals surface area contributed by atoms with Gasteiger partial charge in [-0.25, -0.2) is 16.0 Å². The molecule has 2 atom stereocenters. The van der Waals surface area contributed by atoms with Crippen LogP contribution in [0.25, 0.3) is 0 Å². The summed E-state index contributed by atoms with van der Waals surface area (Å²) in [5, 5.41) is 12.8. The number of nitrogens with zero attached hydrogens (tertiary/aromatic N) is 1. The number of esters is 1. The van der Waals surface area contributed by atoms with Crippen molar-refractivity contribution in [1.29, 1.82) is 0 Å². The molecule has 1 heterocycles. The molecule has 0 amide bonds. The summed E-state index contributed by atoms with van der Waals surface area (Å²) in [6.07, 6.45) is 9.08. The zero-order chi connectivity index (χ0) is 19.8. The van der Waals surface area contributed by atoms with Crippen molar-refractivity contribution in [3.63, 3.8) is 0 Å². The van der Waals surface area contributed by atoms with Crippen LogP contribution in [0.4, 0.5) is 5.69 Å². The van der Waals surface area contributed by atoms with Crippen molar-refractivity contribution in [2.45, 2.75) is 57.5 Å². The zero-order valence-corrected chi connectivity index (χ0v) is 16.7. The first-order valence-electron chi connectivity index (χ1n) is 9.27. The van der Waals surface area contributed by atoms with E-state index in [4.69, 9.17) is 4.74 Å². The first-order valence-corrected chi connectivity index (χ1v) is 9.27. The van der Waals surface area contributed by atoms with Crippen LogP contribution in [0.5, 0.6) is 5.75 Å². The topological polar surface area (TPSA) is 73.8 Å². The predicted octanol–water partition coefficient (Wildman–Crippen LogP) is 2.88. The Morgan fingerprint density at radius 1 is 1.33 bits per heavy atom. The number of hydrogen-bond donors (Lipinski definition) is 3. The van der Waals surface area contributed by atoms with Crippen molar-refractivity contribution in [3.05, 3.63) is 47.6 Å². The van der Waals surface area contributed by atoms with E-state index in [2.05, 4.69) is 50.7 Å². The van der Waals surface area contributed by atoms with Crippen LogP contribution in [-0.4, -0.2) is 29.8 Å². The highest BCUT2D eigenvalue weighted by Crippen LogP contribution is 2.40. The molecule has 0 aromatic heterocycles. The largest absolute Gasteiger partial charge is 0.505 e. The number of anilines is 1. The summed E-state index contributed by atoms with van der Waals surface area (Å²) in [5.74, 6) is -0.00677. The number of phenols is 1. The van der Waals surface area contributed by atoms with Crippen molar-refractivity contribution in [2.75, 3.05) is 12.2 Å². The number of hydrazine groups is 2. The Kier molecular flexibility index (Phi) is 5.06. The summed E-state index contributed by atoms with van der Waals surface area (Å²) in [6.45, 7) is 8.29. The fourth-order valence-electron chi connectivity index (χ4n) is 3.47. The first kappa shape index (κ1) is 19.5. The number of phenolic OH excluding ortho intramolecular Hbond substituents is 1. The smallest absolute Gasteiger partial charge is 0.305 e. The normalized spacial score (nSPS) is 24.2. The van der Waals surface area contributed by atoms with Crippen LogP contribution >= 0.6 is 0 Å². The van der Waals surface area contributed by atoms with E-state index in [1.807, 2.05) is 24.3 Å². The van der Waals surface area contributed by atoms with Gasteiger partial charge in [-0.1, -0.05) is 51.1 Å². The maximum absolute atomic E-state index is 11.6. The molecule has 2 unspecified atom stereocenters. The van der Waals surface area contributed by atoms with Gasteiger partial charge in [0.15, 0.2) is 0 Å². The van der Waals surface area contributed by atoms with E-state index >= 15 is 0 Å². The van der Waals surface area contributed by atoms with Gasteiger partial charge in [-0.05, 0) is 30.4 Å². The molecule has 1 aromatic carbocycles. The van der Waals surface area contributed by atoms with Crippen LogP contribution in [-0.2, 0) is 21.4 Å². The highest BCUT2D eigenvalue weighted by molar-refractivity contribution is 5.70. The van der Waals surface area contributed by atoms with E-state index < -0.39 is 0 Å². The molecule has 6 heteroatoms. The van der Waals surface area contributed by atoms with Gasteiger partial charge in [0.05, 0.1) is 18.7 Å². The zero-order valence-electron chi connectivity index (χ0n) is 16.7. The molecule has 1 aliphatic heterocycles. The molecule has 146 valence electrons. The standard InChI is InChI=1S/C21H29N3O3/c1-20(2,3)15-12-14(9-10-18(25)27-5)13-16(19(15)26)24-22-17-8-6-7-11-21(17,4)23-24/h6-8,11-13,17,22-23,26H,9-10H2,1-5H3. The monoisotopic (exact) mass is 371 g/mol. The second-order valence-electron chi connectivity index (χ2n) is 8.42. The number of ether oxygens (including phenoxy) is 1. The number of aromatic hydroxyl groups is 1. The number of methoxy groups -OCH3 is 1. The van der Waals surface area contributed by atoms with Crippen LogP contribution in [0.1, 0.15) is 45.2 Å². The Labute approximate surface area is 160 Å². The molecule has 6 nitrogen and oxygen atoms in total. The molecule has 27 heavy (non-hydrogen) atoms. The number of aryl methyl sites for hydroxylation is 1. The minimum atomic E-state index is -0.273. The van der Waals surface area contributed by atoms with Crippen LogP contribution in [0.3, 0.4) is 0 Å². The molecule has 3 N–H and O–H groups in total. The molecule has 0 spiro atoms. The Morgan fingerprint density at radius 2 is 2.07 bits per heavy atom.